The first-order valence-electron chi connectivity index (χ1n) is 6.33. The highest BCUT2D eigenvalue weighted by molar-refractivity contribution is 4.93. The van der Waals surface area contributed by atoms with Crippen molar-refractivity contribution in [2.45, 2.75) is 44.7 Å². The van der Waals surface area contributed by atoms with Crippen LogP contribution in [0.4, 0.5) is 0 Å². The SMILES string of the molecule is COCCNC(C)c1nnnn1C1CCCC1. The Labute approximate surface area is 102 Å². The van der Waals surface area contributed by atoms with E-state index < -0.39 is 0 Å². The number of hydrogen-bond donors (Lipinski definition) is 1. The topological polar surface area (TPSA) is 64.9 Å². The predicted molar refractivity (Wildman–Crippen MR) is 63.6 cm³/mol. The van der Waals surface area contributed by atoms with Gasteiger partial charge in [-0.05, 0) is 30.2 Å². The molecule has 2 rings (SSSR count). The molecule has 1 heterocycles. The minimum Gasteiger partial charge on any atom is -0.383 e. The highest BCUT2D eigenvalue weighted by Gasteiger charge is 2.23. The number of tetrazole rings is 1. The van der Waals surface area contributed by atoms with Crippen molar-refractivity contribution in [2.75, 3.05) is 20.3 Å². The average molecular weight is 239 g/mol. The molecule has 6 nitrogen and oxygen atoms in total. The summed E-state index contributed by atoms with van der Waals surface area (Å²) in [4.78, 5) is 0. The summed E-state index contributed by atoms with van der Waals surface area (Å²) < 4.78 is 7.02. The van der Waals surface area contributed by atoms with Crippen molar-refractivity contribution in [3.63, 3.8) is 0 Å². The van der Waals surface area contributed by atoms with Gasteiger partial charge in [-0.15, -0.1) is 5.10 Å². The van der Waals surface area contributed by atoms with Gasteiger partial charge in [0, 0.05) is 13.7 Å². The van der Waals surface area contributed by atoms with E-state index in [1.54, 1.807) is 7.11 Å². The van der Waals surface area contributed by atoms with Gasteiger partial charge in [0.15, 0.2) is 5.82 Å². The Bertz CT molecular complexity index is 334. The highest BCUT2D eigenvalue weighted by atomic mass is 16.5. The number of rotatable bonds is 6. The van der Waals surface area contributed by atoms with Gasteiger partial charge in [-0.2, -0.15) is 0 Å². The molecule has 1 N–H and O–H groups in total. The van der Waals surface area contributed by atoms with Gasteiger partial charge in [0.05, 0.1) is 18.7 Å². The summed E-state index contributed by atoms with van der Waals surface area (Å²) in [5, 5.41) is 15.4. The first-order chi connectivity index (χ1) is 8.33. The lowest BCUT2D eigenvalue weighted by molar-refractivity contribution is 0.195. The van der Waals surface area contributed by atoms with Crippen LogP contribution in [-0.2, 0) is 4.74 Å². The first kappa shape index (κ1) is 12.4. The molecule has 17 heavy (non-hydrogen) atoms. The molecular formula is C11H21N5O. The molecule has 0 aliphatic heterocycles. The van der Waals surface area contributed by atoms with E-state index in [-0.39, 0.29) is 6.04 Å². The molecule has 0 saturated heterocycles. The first-order valence-corrected chi connectivity index (χ1v) is 6.33. The fraction of sp³-hybridized carbons (Fsp3) is 0.909. The van der Waals surface area contributed by atoms with Crippen LogP contribution >= 0.6 is 0 Å². The molecule has 1 aromatic rings. The molecule has 6 heteroatoms. The standard InChI is InChI=1S/C11H21N5O/c1-9(12-7-8-17-2)11-13-14-15-16(11)10-5-3-4-6-10/h9-10,12H,3-8H2,1-2H3. The van der Waals surface area contributed by atoms with Crippen molar-refractivity contribution in [2.24, 2.45) is 0 Å². The lowest BCUT2D eigenvalue weighted by atomic mass is 10.2. The van der Waals surface area contributed by atoms with Crippen LogP contribution in [0.5, 0.6) is 0 Å². The Balaban J connectivity index is 1.97. The maximum Gasteiger partial charge on any atom is 0.168 e. The van der Waals surface area contributed by atoms with E-state index in [1.165, 1.54) is 25.7 Å². The van der Waals surface area contributed by atoms with Crippen molar-refractivity contribution in [3.8, 4) is 0 Å². The van der Waals surface area contributed by atoms with Crippen LogP contribution in [0.15, 0.2) is 0 Å². The highest BCUT2D eigenvalue weighted by Crippen LogP contribution is 2.30. The second kappa shape index (κ2) is 6.07. The summed E-state index contributed by atoms with van der Waals surface area (Å²) in [6.45, 7) is 3.61. The minimum atomic E-state index is 0.167. The van der Waals surface area contributed by atoms with E-state index in [4.69, 9.17) is 4.74 Å². The van der Waals surface area contributed by atoms with Crippen LogP contribution in [0.2, 0.25) is 0 Å². The number of nitrogens with one attached hydrogen (secondary N) is 1. The van der Waals surface area contributed by atoms with E-state index in [1.807, 2.05) is 4.68 Å². The van der Waals surface area contributed by atoms with Crippen molar-refractivity contribution in [1.82, 2.24) is 25.5 Å². The Morgan fingerprint density at radius 1 is 1.47 bits per heavy atom. The number of nitrogens with zero attached hydrogens (tertiary/aromatic N) is 4. The number of aromatic nitrogens is 4. The van der Waals surface area contributed by atoms with Gasteiger partial charge in [0.25, 0.3) is 0 Å². The monoisotopic (exact) mass is 239 g/mol. The molecule has 0 spiro atoms. The molecule has 1 aromatic heterocycles. The second-order valence-electron chi connectivity index (χ2n) is 4.59. The molecule has 1 saturated carbocycles. The molecular weight excluding hydrogens is 218 g/mol. The summed E-state index contributed by atoms with van der Waals surface area (Å²) in [5.74, 6) is 0.938. The summed E-state index contributed by atoms with van der Waals surface area (Å²) in [7, 11) is 1.70. The maximum atomic E-state index is 5.02. The number of methoxy groups -OCH3 is 1. The summed E-state index contributed by atoms with van der Waals surface area (Å²) in [5.41, 5.74) is 0. The second-order valence-corrected chi connectivity index (χ2v) is 4.59. The molecule has 1 atom stereocenters. The van der Waals surface area contributed by atoms with Crippen molar-refractivity contribution in [3.05, 3.63) is 5.82 Å². The van der Waals surface area contributed by atoms with E-state index in [9.17, 15) is 0 Å². The Morgan fingerprint density at radius 2 is 2.24 bits per heavy atom. The van der Waals surface area contributed by atoms with E-state index in [0.717, 1.165) is 12.4 Å². The van der Waals surface area contributed by atoms with Crippen LogP contribution in [0.25, 0.3) is 0 Å². The van der Waals surface area contributed by atoms with Gasteiger partial charge < -0.3 is 10.1 Å². The van der Waals surface area contributed by atoms with E-state index >= 15 is 0 Å². The zero-order chi connectivity index (χ0) is 12.1. The predicted octanol–water partition coefficient (Wildman–Crippen LogP) is 1.09. The van der Waals surface area contributed by atoms with E-state index in [0.29, 0.717) is 12.6 Å². The summed E-state index contributed by atoms with van der Waals surface area (Å²) in [6, 6.07) is 0.660. The molecule has 0 bridgehead atoms. The van der Waals surface area contributed by atoms with Gasteiger partial charge in [0.2, 0.25) is 0 Å². The Kier molecular flexibility index (Phi) is 4.44. The molecule has 1 aliphatic carbocycles. The van der Waals surface area contributed by atoms with Crippen molar-refractivity contribution < 1.29 is 4.74 Å². The van der Waals surface area contributed by atoms with Gasteiger partial charge >= 0.3 is 0 Å². The maximum absolute atomic E-state index is 5.02. The zero-order valence-corrected chi connectivity index (χ0v) is 10.6. The van der Waals surface area contributed by atoms with Crippen LogP contribution in [0, 0.1) is 0 Å². The third-order valence-corrected chi connectivity index (χ3v) is 3.33. The molecule has 1 fully saturated rings. The fourth-order valence-electron chi connectivity index (χ4n) is 2.36. The van der Waals surface area contributed by atoms with Gasteiger partial charge in [-0.25, -0.2) is 4.68 Å². The Morgan fingerprint density at radius 3 is 2.94 bits per heavy atom. The van der Waals surface area contributed by atoms with Crippen LogP contribution in [0.1, 0.15) is 50.5 Å². The normalized spacial score (nSPS) is 18.7. The lowest BCUT2D eigenvalue weighted by Crippen LogP contribution is -2.26. The lowest BCUT2D eigenvalue weighted by Gasteiger charge is -2.16. The quantitative estimate of drug-likeness (QED) is 0.753. The molecule has 1 aliphatic rings. The largest absolute Gasteiger partial charge is 0.383 e. The van der Waals surface area contributed by atoms with E-state index in [2.05, 4.69) is 27.8 Å². The van der Waals surface area contributed by atoms with Crippen LogP contribution < -0.4 is 5.32 Å². The van der Waals surface area contributed by atoms with Crippen LogP contribution in [-0.4, -0.2) is 40.5 Å². The van der Waals surface area contributed by atoms with Gasteiger partial charge in [0.1, 0.15) is 0 Å². The molecule has 0 amide bonds. The number of hydrogen-bond acceptors (Lipinski definition) is 5. The summed E-state index contributed by atoms with van der Waals surface area (Å²) >= 11 is 0. The molecule has 0 radical (unpaired) electrons. The third-order valence-electron chi connectivity index (χ3n) is 3.33. The zero-order valence-electron chi connectivity index (χ0n) is 10.6. The van der Waals surface area contributed by atoms with Crippen molar-refractivity contribution >= 4 is 0 Å². The molecule has 1 unspecified atom stereocenters. The molecule has 96 valence electrons. The third kappa shape index (κ3) is 3.01. The average Bonchev–Trinajstić information content (AvgIpc) is 2.99. The molecule has 0 aromatic carbocycles. The van der Waals surface area contributed by atoms with Crippen LogP contribution in [0.3, 0.4) is 0 Å². The Hall–Kier alpha value is -1.01. The minimum absolute atomic E-state index is 0.167. The smallest absolute Gasteiger partial charge is 0.168 e. The fourth-order valence-corrected chi connectivity index (χ4v) is 2.36. The van der Waals surface area contributed by atoms with Crippen molar-refractivity contribution in [1.29, 1.82) is 0 Å². The summed E-state index contributed by atoms with van der Waals surface area (Å²) in [6.07, 6.45) is 4.97. The van der Waals surface area contributed by atoms with Gasteiger partial charge in [-0.3, -0.25) is 0 Å². The number of ether oxygens (including phenoxy) is 1. The van der Waals surface area contributed by atoms with Gasteiger partial charge in [-0.1, -0.05) is 12.8 Å².